The third-order valence-corrected chi connectivity index (χ3v) is 3.69. The molecule has 27 heavy (non-hydrogen) atoms. The van der Waals surface area contributed by atoms with Crippen LogP contribution in [0.25, 0.3) is 0 Å². The van der Waals surface area contributed by atoms with Crippen LogP contribution in [0.3, 0.4) is 0 Å². The zero-order chi connectivity index (χ0) is 19.8. The monoisotopic (exact) mass is 368 g/mol. The Bertz CT molecular complexity index is 892. The molecule has 0 aliphatic heterocycles. The maximum atomic E-state index is 12.0. The Labute approximate surface area is 156 Å². The summed E-state index contributed by atoms with van der Waals surface area (Å²) in [4.78, 5) is 26.8. The molecule has 0 saturated carbocycles. The van der Waals surface area contributed by atoms with Crippen LogP contribution in [0.4, 0.5) is 0 Å². The second-order valence-electron chi connectivity index (χ2n) is 5.60. The Morgan fingerprint density at radius 3 is 2.63 bits per heavy atom. The van der Waals surface area contributed by atoms with E-state index in [2.05, 4.69) is 15.5 Å². The number of benzene rings is 1. The number of nitrogens with one attached hydrogen (secondary N) is 2. The summed E-state index contributed by atoms with van der Waals surface area (Å²) < 4.78 is 10.3. The number of hydrogen-bond acceptors (Lipinski definition) is 6. The van der Waals surface area contributed by atoms with Gasteiger partial charge in [0.05, 0.1) is 35.7 Å². The van der Waals surface area contributed by atoms with Crippen molar-refractivity contribution in [2.45, 2.75) is 20.8 Å². The van der Waals surface area contributed by atoms with Crippen LogP contribution in [0.5, 0.6) is 5.75 Å². The summed E-state index contributed by atoms with van der Waals surface area (Å²) in [5.74, 6) is -0.367. The van der Waals surface area contributed by atoms with Gasteiger partial charge in [0.25, 0.3) is 5.91 Å². The van der Waals surface area contributed by atoms with Crippen LogP contribution in [0.15, 0.2) is 29.4 Å². The Balaban J connectivity index is 1.91. The van der Waals surface area contributed by atoms with Crippen molar-refractivity contribution in [1.29, 1.82) is 5.26 Å². The van der Waals surface area contributed by atoms with Crippen molar-refractivity contribution in [2.75, 3.05) is 13.2 Å². The Morgan fingerprint density at radius 1 is 1.30 bits per heavy atom. The van der Waals surface area contributed by atoms with Crippen LogP contribution in [-0.4, -0.2) is 36.3 Å². The first-order valence-electron chi connectivity index (χ1n) is 8.27. The van der Waals surface area contributed by atoms with Gasteiger partial charge < -0.3 is 14.5 Å². The summed E-state index contributed by atoms with van der Waals surface area (Å²) in [6, 6.07) is 8.42. The lowest BCUT2D eigenvalue weighted by molar-refractivity contribution is -0.123. The molecule has 1 aromatic heterocycles. The lowest BCUT2D eigenvalue weighted by Gasteiger charge is -2.04. The van der Waals surface area contributed by atoms with Crippen LogP contribution in [-0.2, 0) is 9.53 Å². The maximum absolute atomic E-state index is 12.0. The third kappa shape index (κ3) is 5.19. The number of aryl methyl sites for hydroxylation is 1. The van der Waals surface area contributed by atoms with E-state index >= 15 is 0 Å². The van der Waals surface area contributed by atoms with Crippen LogP contribution in [0.1, 0.15) is 39.8 Å². The second kappa shape index (κ2) is 9.20. The van der Waals surface area contributed by atoms with Gasteiger partial charge >= 0.3 is 5.97 Å². The van der Waals surface area contributed by atoms with E-state index in [0.717, 1.165) is 0 Å². The lowest BCUT2D eigenvalue weighted by Crippen LogP contribution is -2.24. The van der Waals surface area contributed by atoms with Gasteiger partial charge in [0.1, 0.15) is 5.75 Å². The van der Waals surface area contributed by atoms with E-state index in [0.29, 0.717) is 40.4 Å². The number of carbonyl (C=O) groups is 2. The lowest BCUT2D eigenvalue weighted by atomic mass is 10.1. The first-order valence-corrected chi connectivity index (χ1v) is 8.27. The number of aromatic nitrogens is 1. The molecule has 0 aliphatic carbocycles. The number of nitrogens with zero attached hydrogens (tertiary/aromatic N) is 2. The van der Waals surface area contributed by atoms with Gasteiger partial charge in [-0.2, -0.15) is 10.4 Å². The predicted octanol–water partition coefficient (Wildman–Crippen LogP) is 2.21. The largest absolute Gasteiger partial charge is 0.484 e. The highest BCUT2D eigenvalue weighted by molar-refractivity contribution is 5.96. The molecule has 140 valence electrons. The molecular formula is C19H20N4O4. The summed E-state index contributed by atoms with van der Waals surface area (Å²) in [6.07, 6.45) is 1.42. The van der Waals surface area contributed by atoms with Crippen LogP contribution < -0.4 is 10.2 Å². The van der Waals surface area contributed by atoms with Crippen LogP contribution >= 0.6 is 0 Å². The normalized spacial score (nSPS) is 10.4. The molecule has 1 aromatic carbocycles. The highest BCUT2D eigenvalue weighted by Gasteiger charge is 2.18. The van der Waals surface area contributed by atoms with Gasteiger partial charge in [0, 0.05) is 5.69 Å². The molecule has 0 spiro atoms. The molecule has 1 heterocycles. The van der Waals surface area contributed by atoms with Gasteiger partial charge in [0.15, 0.2) is 6.61 Å². The van der Waals surface area contributed by atoms with E-state index < -0.39 is 11.9 Å². The molecule has 0 aliphatic rings. The molecule has 0 radical (unpaired) electrons. The van der Waals surface area contributed by atoms with Crippen molar-refractivity contribution in [3.63, 3.8) is 0 Å². The standard InChI is InChI=1S/C19H20N4O4/c1-4-26-19(25)18-12(2)16(22-13(18)3)10-21-23-17(24)11-27-15-7-5-14(9-20)6-8-15/h5-8,10,22H,4,11H2,1-3H3,(H,23,24)/b21-10+. The second-order valence-corrected chi connectivity index (χ2v) is 5.60. The number of esters is 1. The van der Waals surface area contributed by atoms with Crippen molar-refractivity contribution in [3.8, 4) is 11.8 Å². The molecule has 0 atom stereocenters. The van der Waals surface area contributed by atoms with Crippen LogP contribution in [0, 0.1) is 25.2 Å². The summed E-state index contributed by atoms with van der Waals surface area (Å²) in [6.45, 7) is 5.35. The first kappa shape index (κ1) is 19.7. The van der Waals surface area contributed by atoms with Crippen molar-refractivity contribution < 1.29 is 19.1 Å². The number of hydrogen-bond donors (Lipinski definition) is 2. The minimum atomic E-state index is -0.442. The SMILES string of the molecule is CCOC(=O)c1c(C)[nH]c(/C=N/NC(=O)COc2ccc(C#N)cc2)c1C. The quantitative estimate of drug-likeness (QED) is 0.441. The van der Waals surface area contributed by atoms with E-state index in [1.807, 2.05) is 6.07 Å². The molecule has 0 saturated heterocycles. The highest BCUT2D eigenvalue weighted by Crippen LogP contribution is 2.17. The first-order chi connectivity index (χ1) is 13.0. The van der Waals surface area contributed by atoms with Gasteiger partial charge in [-0.3, -0.25) is 4.79 Å². The smallest absolute Gasteiger partial charge is 0.340 e. The summed E-state index contributed by atoms with van der Waals surface area (Å²) in [7, 11) is 0. The highest BCUT2D eigenvalue weighted by atomic mass is 16.5. The Morgan fingerprint density at radius 2 is 2.00 bits per heavy atom. The van der Waals surface area contributed by atoms with Crippen molar-refractivity contribution in [2.24, 2.45) is 5.10 Å². The molecule has 0 fully saturated rings. The molecule has 0 unspecified atom stereocenters. The molecule has 0 bridgehead atoms. The number of hydrazone groups is 1. The summed E-state index contributed by atoms with van der Waals surface area (Å²) in [5, 5.41) is 12.6. The minimum Gasteiger partial charge on any atom is -0.484 e. The third-order valence-electron chi connectivity index (χ3n) is 3.69. The average molecular weight is 368 g/mol. The van der Waals surface area contributed by atoms with E-state index in [1.54, 1.807) is 45.0 Å². The van der Waals surface area contributed by atoms with Crippen molar-refractivity contribution in [3.05, 3.63) is 52.3 Å². The summed E-state index contributed by atoms with van der Waals surface area (Å²) >= 11 is 0. The molecule has 2 rings (SSSR count). The Kier molecular flexibility index (Phi) is 6.72. The molecule has 2 N–H and O–H groups in total. The van der Waals surface area contributed by atoms with Crippen molar-refractivity contribution >= 4 is 18.1 Å². The zero-order valence-corrected chi connectivity index (χ0v) is 15.3. The van der Waals surface area contributed by atoms with E-state index in [1.165, 1.54) is 6.21 Å². The fourth-order valence-electron chi connectivity index (χ4n) is 2.39. The van der Waals surface area contributed by atoms with Crippen molar-refractivity contribution in [1.82, 2.24) is 10.4 Å². The zero-order valence-electron chi connectivity index (χ0n) is 15.3. The van der Waals surface area contributed by atoms with Crippen LogP contribution in [0.2, 0.25) is 0 Å². The van der Waals surface area contributed by atoms with Gasteiger partial charge in [-0.25, -0.2) is 10.2 Å². The number of ether oxygens (including phenoxy) is 2. The average Bonchev–Trinajstić information content (AvgIpc) is 2.94. The van der Waals surface area contributed by atoms with E-state index in [9.17, 15) is 9.59 Å². The topological polar surface area (TPSA) is 117 Å². The van der Waals surface area contributed by atoms with Gasteiger partial charge in [0.2, 0.25) is 0 Å². The number of carbonyl (C=O) groups excluding carboxylic acids is 2. The van der Waals surface area contributed by atoms with Gasteiger partial charge in [-0.1, -0.05) is 0 Å². The number of rotatable bonds is 7. The van der Waals surface area contributed by atoms with E-state index in [-0.39, 0.29) is 6.61 Å². The summed E-state index contributed by atoms with van der Waals surface area (Å²) in [5.41, 5.74) is 5.29. The van der Waals surface area contributed by atoms with Gasteiger partial charge in [-0.05, 0) is 50.6 Å². The molecule has 2 aromatic rings. The van der Waals surface area contributed by atoms with E-state index in [4.69, 9.17) is 14.7 Å². The van der Waals surface area contributed by atoms with Gasteiger partial charge in [-0.15, -0.1) is 0 Å². The molecule has 8 nitrogen and oxygen atoms in total. The maximum Gasteiger partial charge on any atom is 0.340 e. The molecule has 8 heteroatoms. The number of nitriles is 1. The predicted molar refractivity (Wildman–Crippen MR) is 98.6 cm³/mol. The number of H-pyrrole nitrogens is 1. The molecular weight excluding hydrogens is 348 g/mol. The number of aromatic amines is 1. The Hall–Kier alpha value is -3.60. The molecule has 1 amide bonds. The number of amides is 1. The minimum absolute atomic E-state index is 0.222. The fourth-order valence-corrected chi connectivity index (χ4v) is 2.39. The fraction of sp³-hybridized carbons (Fsp3) is 0.263.